The molecular formula is C14H14N2O4S. The lowest BCUT2D eigenvalue weighted by Gasteiger charge is -2.14. The van der Waals surface area contributed by atoms with Crippen LogP contribution in [0.1, 0.15) is 22.9 Å². The fourth-order valence-electron chi connectivity index (χ4n) is 2.11. The molecule has 0 saturated heterocycles. The van der Waals surface area contributed by atoms with E-state index in [1.165, 1.54) is 17.4 Å². The second kappa shape index (κ2) is 6.96. The maximum atomic E-state index is 11.0. The van der Waals surface area contributed by atoms with Gasteiger partial charge in [0.05, 0.1) is 15.4 Å². The Balaban J connectivity index is 2.12. The summed E-state index contributed by atoms with van der Waals surface area (Å²) in [6.07, 6.45) is -0.124. The van der Waals surface area contributed by atoms with Gasteiger partial charge in [-0.2, -0.15) is 0 Å². The van der Waals surface area contributed by atoms with Gasteiger partial charge in [-0.1, -0.05) is 18.2 Å². The van der Waals surface area contributed by atoms with E-state index in [-0.39, 0.29) is 18.2 Å². The van der Waals surface area contributed by atoms with Crippen molar-refractivity contribution in [3.05, 3.63) is 62.3 Å². The van der Waals surface area contributed by atoms with Crippen molar-refractivity contribution in [1.29, 1.82) is 0 Å². The summed E-state index contributed by atoms with van der Waals surface area (Å²) in [7, 11) is 0. The summed E-state index contributed by atoms with van der Waals surface area (Å²) in [6.45, 7) is 0.340. The Morgan fingerprint density at radius 3 is 2.67 bits per heavy atom. The first-order chi connectivity index (χ1) is 10.1. The first-order valence-electron chi connectivity index (χ1n) is 6.37. The van der Waals surface area contributed by atoms with Crippen molar-refractivity contribution >= 4 is 23.0 Å². The van der Waals surface area contributed by atoms with Gasteiger partial charge in [0, 0.05) is 18.5 Å². The van der Waals surface area contributed by atoms with Gasteiger partial charge in [-0.3, -0.25) is 10.1 Å². The molecule has 6 nitrogen and oxygen atoms in total. The summed E-state index contributed by atoms with van der Waals surface area (Å²) in [5, 5.41) is 25.5. The van der Waals surface area contributed by atoms with E-state index in [1.807, 2.05) is 17.5 Å². The molecule has 0 aliphatic carbocycles. The molecule has 7 heteroatoms. The van der Waals surface area contributed by atoms with Gasteiger partial charge < -0.3 is 15.2 Å². The quantitative estimate of drug-likeness (QED) is 0.598. The molecule has 0 amide bonds. The summed E-state index contributed by atoms with van der Waals surface area (Å²) in [6, 6.07) is 9.88. The van der Waals surface area contributed by atoms with Crippen molar-refractivity contribution in [3.8, 4) is 0 Å². The van der Waals surface area contributed by atoms with E-state index in [9.17, 15) is 20.0 Å². The van der Waals surface area contributed by atoms with Gasteiger partial charge in [0.2, 0.25) is 0 Å². The fraction of sp³-hybridized carbons (Fsp3) is 0.214. The smallest absolute Gasteiger partial charge is 0.278 e. The van der Waals surface area contributed by atoms with Crippen LogP contribution in [-0.4, -0.2) is 10.9 Å². The Hall–Kier alpha value is -2.25. The second-order valence-corrected chi connectivity index (χ2v) is 5.50. The Kier molecular flexibility index (Phi) is 5.02. The van der Waals surface area contributed by atoms with Crippen molar-refractivity contribution in [2.75, 3.05) is 0 Å². The number of nitro groups is 1. The predicted molar refractivity (Wildman–Crippen MR) is 75.4 cm³/mol. The largest absolute Gasteiger partial charge is 0.550 e. The average Bonchev–Trinajstić information content (AvgIpc) is 2.97. The molecule has 0 aliphatic rings. The van der Waals surface area contributed by atoms with Gasteiger partial charge in [0.1, 0.15) is 12.6 Å². The van der Waals surface area contributed by atoms with Crippen LogP contribution in [0.3, 0.4) is 0 Å². The number of nitrogens with zero attached hydrogens (tertiary/aromatic N) is 1. The molecule has 1 unspecified atom stereocenters. The number of nitrogens with two attached hydrogens (primary N) is 1. The zero-order chi connectivity index (χ0) is 15.2. The Morgan fingerprint density at radius 1 is 1.29 bits per heavy atom. The van der Waals surface area contributed by atoms with Gasteiger partial charge in [-0.15, -0.1) is 11.3 Å². The molecule has 0 saturated carbocycles. The number of carboxylic acids is 1. The molecule has 110 valence electrons. The van der Waals surface area contributed by atoms with E-state index in [4.69, 9.17) is 0 Å². The zero-order valence-corrected chi connectivity index (χ0v) is 11.9. The minimum Gasteiger partial charge on any atom is -0.550 e. The number of carbonyl (C=O) groups is 1. The molecule has 1 aromatic carbocycles. The maximum Gasteiger partial charge on any atom is 0.278 e. The molecule has 0 radical (unpaired) electrons. The molecule has 2 N–H and O–H groups in total. The third kappa shape index (κ3) is 4.11. The number of nitro benzene ring substituents is 1. The molecule has 0 bridgehead atoms. The molecule has 2 rings (SSSR count). The summed E-state index contributed by atoms with van der Waals surface area (Å²) in [5.41, 5.74) is 0.620. The normalized spacial score (nSPS) is 12.0. The van der Waals surface area contributed by atoms with Crippen molar-refractivity contribution in [2.24, 2.45) is 0 Å². The first kappa shape index (κ1) is 15.1. The molecule has 2 aromatic rings. The topological polar surface area (TPSA) is 99.9 Å². The first-order valence-corrected chi connectivity index (χ1v) is 7.24. The van der Waals surface area contributed by atoms with E-state index >= 15 is 0 Å². The lowest BCUT2D eigenvalue weighted by molar-refractivity contribution is -0.710. The number of carbonyl (C=O) groups excluding carboxylic acids is 1. The van der Waals surface area contributed by atoms with Crippen molar-refractivity contribution in [2.45, 2.75) is 19.0 Å². The van der Waals surface area contributed by atoms with E-state index in [0.29, 0.717) is 12.1 Å². The Morgan fingerprint density at radius 2 is 2.05 bits per heavy atom. The highest BCUT2D eigenvalue weighted by Gasteiger charge is 2.19. The summed E-state index contributed by atoms with van der Waals surface area (Å²) in [4.78, 5) is 22.3. The number of aliphatic carboxylic acids is 1. The number of para-hydroxylation sites is 1. The van der Waals surface area contributed by atoms with Gasteiger partial charge in [-0.05, 0) is 17.5 Å². The van der Waals surface area contributed by atoms with Crippen LogP contribution in [0.5, 0.6) is 0 Å². The third-order valence-corrected chi connectivity index (χ3v) is 4.11. The number of hydrogen-bond acceptors (Lipinski definition) is 5. The number of thiophene rings is 1. The zero-order valence-electron chi connectivity index (χ0n) is 11.1. The second-order valence-electron chi connectivity index (χ2n) is 4.52. The van der Waals surface area contributed by atoms with Gasteiger partial charge in [-0.25, -0.2) is 0 Å². The minimum absolute atomic E-state index is 0.0483. The molecule has 0 fully saturated rings. The summed E-state index contributed by atoms with van der Waals surface area (Å²) < 4.78 is 0. The number of carboxylic acid groups (broad SMARTS) is 1. The monoisotopic (exact) mass is 306 g/mol. The highest BCUT2D eigenvalue weighted by atomic mass is 32.1. The molecule has 1 atom stereocenters. The molecular weight excluding hydrogens is 292 g/mol. The summed E-state index contributed by atoms with van der Waals surface area (Å²) in [5.74, 6) is -1.13. The molecule has 21 heavy (non-hydrogen) atoms. The standard InChI is InChI=1S/C14H14N2O4S/c17-14(18)8-11(13-6-3-7-21-13)15-9-10-4-1-2-5-12(10)16(19)20/h1-7,11,15H,8-9H2,(H,17,18). The predicted octanol–water partition coefficient (Wildman–Crippen LogP) is 0.601. The molecule has 1 aromatic heterocycles. The lowest BCUT2D eigenvalue weighted by atomic mass is 10.1. The van der Waals surface area contributed by atoms with E-state index < -0.39 is 10.9 Å². The highest BCUT2D eigenvalue weighted by Crippen LogP contribution is 2.20. The minimum atomic E-state index is -1.13. The maximum absolute atomic E-state index is 11.0. The highest BCUT2D eigenvalue weighted by molar-refractivity contribution is 7.10. The van der Waals surface area contributed by atoms with Gasteiger partial charge >= 0.3 is 0 Å². The Labute approximate surface area is 125 Å². The van der Waals surface area contributed by atoms with Crippen molar-refractivity contribution in [1.82, 2.24) is 0 Å². The molecule has 0 aliphatic heterocycles. The van der Waals surface area contributed by atoms with Crippen LogP contribution >= 0.6 is 11.3 Å². The van der Waals surface area contributed by atoms with E-state index in [0.717, 1.165) is 4.88 Å². The van der Waals surface area contributed by atoms with Crippen LogP contribution < -0.4 is 10.4 Å². The van der Waals surface area contributed by atoms with E-state index in [1.54, 1.807) is 23.5 Å². The van der Waals surface area contributed by atoms with Crippen LogP contribution in [0.4, 0.5) is 5.69 Å². The van der Waals surface area contributed by atoms with E-state index in [2.05, 4.69) is 0 Å². The van der Waals surface area contributed by atoms with Crippen molar-refractivity contribution in [3.63, 3.8) is 0 Å². The van der Waals surface area contributed by atoms with Crippen LogP contribution in [0.15, 0.2) is 41.8 Å². The number of benzene rings is 1. The SMILES string of the molecule is O=C([O-])CC([NH2+]Cc1ccccc1[N+](=O)[O-])c1cccs1. The van der Waals surface area contributed by atoms with Crippen LogP contribution in [0, 0.1) is 10.1 Å². The van der Waals surface area contributed by atoms with Crippen LogP contribution in [0.2, 0.25) is 0 Å². The fourth-order valence-corrected chi connectivity index (χ4v) is 2.94. The van der Waals surface area contributed by atoms with Gasteiger partial charge in [0.25, 0.3) is 5.69 Å². The van der Waals surface area contributed by atoms with Crippen LogP contribution in [0.25, 0.3) is 0 Å². The van der Waals surface area contributed by atoms with Crippen molar-refractivity contribution < 1.29 is 20.1 Å². The number of rotatable bonds is 7. The number of quaternary nitrogens is 1. The van der Waals surface area contributed by atoms with Gasteiger partial charge in [0.15, 0.2) is 0 Å². The Bertz CT molecular complexity index is 628. The third-order valence-electron chi connectivity index (χ3n) is 3.11. The summed E-state index contributed by atoms with van der Waals surface area (Å²) >= 11 is 1.46. The lowest BCUT2D eigenvalue weighted by Crippen LogP contribution is -2.84. The van der Waals surface area contributed by atoms with Crippen LogP contribution in [-0.2, 0) is 11.3 Å². The molecule has 0 spiro atoms. The molecule has 1 heterocycles. The average molecular weight is 306 g/mol. The number of hydrogen-bond donors (Lipinski definition) is 1.